The molecule has 7 heteroatoms. The van der Waals surface area contributed by atoms with Crippen LogP contribution < -0.4 is 5.32 Å². The molecule has 2 aliphatic rings. The van der Waals surface area contributed by atoms with Gasteiger partial charge >= 0.3 is 0 Å². The number of carbonyl (C=O) groups excluding carboxylic acids is 1. The largest absolute Gasteiger partial charge is 0.382 e. The lowest BCUT2D eigenvalue weighted by atomic mass is 10.0. The second-order valence-corrected chi connectivity index (χ2v) is 7.49. The van der Waals surface area contributed by atoms with Gasteiger partial charge in [-0.3, -0.25) is 9.69 Å². The maximum absolute atomic E-state index is 13.9. The lowest BCUT2D eigenvalue weighted by Crippen LogP contribution is -2.29. The van der Waals surface area contributed by atoms with Crippen LogP contribution in [-0.4, -0.2) is 35.7 Å². The van der Waals surface area contributed by atoms with Gasteiger partial charge in [-0.05, 0) is 61.8 Å². The molecule has 0 bridgehead atoms. The lowest BCUT2D eigenvalue weighted by Gasteiger charge is -2.26. The zero-order chi connectivity index (χ0) is 20.2. The topological polar surface area (TPSA) is 53.9 Å². The maximum Gasteiger partial charge on any atom is 0.268 e. The number of hydrogen-bond donors (Lipinski definition) is 1. The Hall–Kier alpha value is -2.80. The van der Waals surface area contributed by atoms with E-state index < -0.39 is 17.7 Å². The minimum absolute atomic E-state index is 0.0174. The van der Waals surface area contributed by atoms with E-state index in [-0.39, 0.29) is 23.6 Å². The van der Waals surface area contributed by atoms with E-state index in [0.29, 0.717) is 5.69 Å². The van der Waals surface area contributed by atoms with Crippen LogP contribution in [0.3, 0.4) is 0 Å². The molecule has 1 N–H and O–H groups in total. The first-order valence-corrected chi connectivity index (χ1v) is 9.89. The van der Waals surface area contributed by atoms with Crippen molar-refractivity contribution in [2.45, 2.75) is 38.3 Å². The second kappa shape index (κ2) is 8.69. The third-order valence-electron chi connectivity index (χ3n) is 5.25. The number of halogens is 2. The number of nitrogens with one attached hydrogen (secondary N) is 1. The predicted molar refractivity (Wildman–Crippen MR) is 107 cm³/mol. The summed E-state index contributed by atoms with van der Waals surface area (Å²) in [4.78, 5) is 20.2. The van der Waals surface area contributed by atoms with Crippen LogP contribution in [0, 0.1) is 11.6 Å². The Morgan fingerprint density at radius 3 is 2.79 bits per heavy atom. The van der Waals surface area contributed by atoms with Crippen LogP contribution in [0.5, 0.6) is 0 Å². The Bertz CT molecular complexity index is 926. The highest BCUT2D eigenvalue weighted by atomic mass is 19.1. The summed E-state index contributed by atoms with van der Waals surface area (Å²) in [5.74, 6) is -1.53. The van der Waals surface area contributed by atoms with Gasteiger partial charge in [0.1, 0.15) is 11.6 Å². The molecule has 0 radical (unpaired) electrons. The summed E-state index contributed by atoms with van der Waals surface area (Å²) < 4.78 is 27.3. The van der Waals surface area contributed by atoms with E-state index in [0.717, 1.165) is 43.4 Å². The van der Waals surface area contributed by atoms with Crippen LogP contribution >= 0.6 is 0 Å². The number of oxime groups is 1. The number of amides is 1. The summed E-state index contributed by atoms with van der Waals surface area (Å²) in [5, 5.41) is 6.63. The van der Waals surface area contributed by atoms with Crippen molar-refractivity contribution < 1.29 is 18.4 Å². The zero-order valence-corrected chi connectivity index (χ0v) is 16.0. The zero-order valence-electron chi connectivity index (χ0n) is 16.0. The van der Waals surface area contributed by atoms with Gasteiger partial charge in [-0.25, -0.2) is 8.78 Å². The summed E-state index contributed by atoms with van der Waals surface area (Å²) in [6.07, 6.45) is 2.95. The van der Waals surface area contributed by atoms with E-state index in [9.17, 15) is 13.6 Å². The van der Waals surface area contributed by atoms with Gasteiger partial charge in [-0.2, -0.15) is 0 Å². The summed E-state index contributed by atoms with van der Waals surface area (Å²) in [6, 6.07) is 10.9. The first-order valence-electron chi connectivity index (χ1n) is 9.89. The number of carbonyl (C=O) groups is 1. The lowest BCUT2D eigenvalue weighted by molar-refractivity contribution is -0.125. The van der Waals surface area contributed by atoms with Crippen molar-refractivity contribution in [3.63, 3.8) is 0 Å². The molecule has 0 spiro atoms. The molecule has 29 heavy (non-hydrogen) atoms. The number of nitrogens with zero attached hydrogens (tertiary/aromatic N) is 2. The van der Waals surface area contributed by atoms with E-state index in [4.69, 9.17) is 4.84 Å². The van der Waals surface area contributed by atoms with Gasteiger partial charge in [0.15, 0.2) is 0 Å². The summed E-state index contributed by atoms with van der Waals surface area (Å²) in [6.45, 7) is 3.06. The van der Waals surface area contributed by atoms with Crippen LogP contribution in [0.4, 0.5) is 14.5 Å². The first kappa shape index (κ1) is 19.5. The number of hydrogen-bond acceptors (Lipinski definition) is 4. The molecule has 1 saturated heterocycles. The minimum atomic E-state index is -0.876. The molecule has 0 aromatic heterocycles. The molecule has 152 valence electrons. The van der Waals surface area contributed by atoms with Gasteiger partial charge in [0.25, 0.3) is 5.91 Å². The SMILES string of the molecule is O=C(Nc1cccc(CN2CCCCC2)c1)C1CC(c2cc(F)ccc2F)=NO1. The van der Waals surface area contributed by atoms with E-state index in [2.05, 4.69) is 15.4 Å². The van der Waals surface area contributed by atoms with E-state index in [1.807, 2.05) is 24.3 Å². The molecule has 1 atom stereocenters. The number of piperidine rings is 1. The third-order valence-corrected chi connectivity index (χ3v) is 5.25. The molecule has 2 aromatic rings. The van der Waals surface area contributed by atoms with E-state index >= 15 is 0 Å². The van der Waals surface area contributed by atoms with Crippen molar-refractivity contribution in [1.82, 2.24) is 4.90 Å². The fourth-order valence-electron chi connectivity index (χ4n) is 3.74. The summed E-state index contributed by atoms with van der Waals surface area (Å²) in [7, 11) is 0. The smallest absolute Gasteiger partial charge is 0.268 e. The van der Waals surface area contributed by atoms with Gasteiger partial charge in [0.05, 0.1) is 5.71 Å². The van der Waals surface area contributed by atoms with Crippen LogP contribution in [0.2, 0.25) is 0 Å². The summed E-state index contributed by atoms with van der Waals surface area (Å²) in [5.41, 5.74) is 2.05. The highest BCUT2D eigenvalue weighted by Crippen LogP contribution is 2.22. The molecule has 2 heterocycles. The molecule has 0 saturated carbocycles. The van der Waals surface area contributed by atoms with Crippen molar-refractivity contribution in [2.24, 2.45) is 5.16 Å². The number of rotatable bonds is 5. The van der Waals surface area contributed by atoms with Crippen molar-refractivity contribution in [2.75, 3.05) is 18.4 Å². The Morgan fingerprint density at radius 1 is 1.14 bits per heavy atom. The Balaban J connectivity index is 1.36. The molecule has 2 aromatic carbocycles. The molecule has 1 fully saturated rings. The maximum atomic E-state index is 13.9. The van der Waals surface area contributed by atoms with Gasteiger partial charge in [0.2, 0.25) is 6.10 Å². The molecular formula is C22H23F2N3O2. The molecule has 2 aliphatic heterocycles. The molecule has 1 unspecified atom stereocenters. The Morgan fingerprint density at radius 2 is 1.97 bits per heavy atom. The summed E-state index contributed by atoms with van der Waals surface area (Å²) >= 11 is 0. The standard InChI is InChI=1S/C22H23F2N3O2/c23-16-7-8-19(24)18(12-16)20-13-21(29-26-20)22(28)25-17-6-4-5-15(11-17)14-27-9-2-1-3-10-27/h4-8,11-12,21H,1-3,9-10,13-14H2,(H,25,28). The van der Waals surface area contributed by atoms with Gasteiger partial charge in [0, 0.05) is 24.2 Å². The highest BCUT2D eigenvalue weighted by molar-refractivity contribution is 6.06. The molecular weight excluding hydrogens is 376 g/mol. The fraction of sp³-hybridized carbons (Fsp3) is 0.364. The van der Waals surface area contributed by atoms with Crippen LogP contribution in [0.25, 0.3) is 0 Å². The molecule has 0 aliphatic carbocycles. The van der Waals surface area contributed by atoms with E-state index in [1.165, 1.54) is 19.3 Å². The van der Waals surface area contributed by atoms with E-state index in [1.54, 1.807) is 0 Å². The quantitative estimate of drug-likeness (QED) is 0.824. The average Bonchev–Trinajstić information content (AvgIpc) is 3.21. The molecule has 4 rings (SSSR count). The Labute approximate surface area is 168 Å². The minimum Gasteiger partial charge on any atom is -0.382 e. The normalized spacial score (nSPS) is 19.5. The van der Waals surface area contributed by atoms with Crippen molar-refractivity contribution >= 4 is 17.3 Å². The number of anilines is 1. The molecule has 5 nitrogen and oxygen atoms in total. The molecule has 1 amide bonds. The first-order chi connectivity index (χ1) is 14.1. The number of benzene rings is 2. The predicted octanol–water partition coefficient (Wildman–Crippen LogP) is 4.08. The van der Waals surface area contributed by atoms with Gasteiger partial charge < -0.3 is 10.2 Å². The van der Waals surface area contributed by atoms with Crippen molar-refractivity contribution in [1.29, 1.82) is 0 Å². The third kappa shape index (κ3) is 4.79. The highest BCUT2D eigenvalue weighted by Gasteiger charge is 2.30. The van der Waals surface area contributed by atoms with Crippen LogP contribution in [0.1, 0.15) is 36.8 Å². The van der Waals surface area contributed by atoms with Gasteiger partial charge in [-0.15, -0.1) is 0 Å². The Kier molecular flexibility index (Phi) is 5.85. The van der Waals surface area contributed by atoms with Crippen molar-refractivity contribution in [3.8, 4) is 0 Å². The monoisotopic (exact) mass is 399 g/mol. The van der Waals surface area contributed by atoms with Crippen LogP contribution in [-0.2, 0) is 16.2 Å². The average molecular weight is 399 g/mol. The second-order valence-electron chi connectivity index (χ2n) is 7.49. The fourth-order valence-corrected chi connectivity index (χ4v) is 3.74. The number of likely N-dealkylation sites (tertiary alicyclic amines) is 1. The van der Waals surface area contributed by atoms with Crippen LogP contribution in [0.15, 0.2) is 47.6 Å². The van der Waals surface area contributed by atoms with Crippen molar-refractivity contribution in [3.05, 3.63) is 65.2 Å². The van der Waals surface area contributed by atoms with Gasteiger partial charge in [-0.1, -0.05) is 23.7 Å².